The van der Waals surface area contributed by atoms with Crippen LogP contribution in [0, 0.1) is 11.8 Å². The maximum Gasteiger partial charge on any atom is 0.307 e. The molecule has 0 amide bonds. The first kappa shape index (κ1) is 6.33. The number of rotatable bonds is 2. The van der Waals surface area contributed by atoms with Crippen LogP contribution in [0.15, 0.2) is 12.2 Å². The highest BCUT2D eigenvalue weighted by Gasteiger charge is 2.40. The van der Waals surface area contributed by atoms with Gasteiger partial charge in [0, 0.05) is 0 Å². The second-order valence-corrected chi connectivity index (χ2v) is 2.37. The van der Waals surface area contributed by atoms with Crippen molar-refractivity contribution < 1.29 is 9.90 Å². The lowest BCUT2D eigenvalue weighted by atomic mass is 10.3. The summed E-state index contributed by atoms with van der Waals surface area (Å²) in [4.78, 5) is 10.2. The fraction of sp³-hybridized carbons (Fsp3) is 0.571. The number of carboxylic acids is 1. The van der Waals surface area contributed by atoms with E-state index in [0.717, 1.165) is 6.42 Å². The number of carboxylic acid groups (broad SMARTS) is 1. The van der Waals surface area contributed by atoms with Crippen LogP contribution in [0.1, 0.15) is 13.3 Å². The van der Waals surface area contributed by atoms with Crippen molar-refractivity contribution in [1.82, 2.24) is 0 Å². The second-order valence-electron chi connectivity index (χ2n) is 2.37. The third-order valence-corrected chi connectivity index (χ3v) is 1.60. The molecule has 0 radical (unpaired) electrons. The van der Waals surface area contributed by atoms with Crippen molar-refractivity contribution >= 4 is 5.97 Å². The molecule has 1 N–H and O–H groups in total. The van der Waals surface area contributed by atoms with E-state index in [9.17, 15) is 4.79 Å². The summed E-state index contributed by atoms with van der Waals surface area (Å²) in [6.07, 6.45) is 4.70. The number of allylic oxidation sites excluding steroid dienone is 2. The number of hydrogen-bond donors (Lipinski definition) is 1. The normalized spacial score (nSPS) is 33.0. The minimum Gasteiger partial charge on any atom is -0.481 e. The summed E-state index contributed by atoms with van der Waals surface area (Å²) in [7, 11) is 0. The highest BCUT2D eigenvalue weighted by Crippen LogP contribution is 2.39. The molecule has 0 aromatic carbocycles. The number of aliphatic carboxylic acids is 1. The Kier molecular flexibility index (Phi) is 1.56. The molecule has 2 nitrogen and oxygen atoms in total. The van der Waals surface area contributed by atoms with E-state index in [1.165, 1.54) is 0 Å². The van der Waals surface area contributed by atoms with Crippen LogP contribution in [0.5, 0.6) is 0 Å². The van der Waals surface area contributed by atoms with Crippen molar-refractivity contribution in [2.45, 2.75) is 13.3 Å². The summed E-state index contributed by atoms with van der Waals surface area (Å²) in [6.45, 7) is 1.91. The first-order chi connectivity index (χ1) is 4.25. The van der Waals surface area contributed by atoms with Crippen LogP contribution in [-0.2, 0) is 4.79 Å². The van der Waals surface area contributed by atoms with E-state index in [2.05, 4.69) is 0 Å². The molecular formula is C7H10O2. The van der Waals surface area contributed by atoms with Crippen molar-refractivity contribution in [2.75, 3.05) is 0 Å². The van der Waals surface area contributed by atoms with E-state index in [4.69, 9.17) is 5.11 Å². The largest absolute Gasteiger partial charge is 0.481 e. The molecule has 9 heavy (non-hydrogen) atoms. The van der Waals surface area contributed by atoms with Gasteiger partial charge in [-0.25, -0.2) is 0 Å². The molecule has 0 saturated heterocycles. The molecule has 1 saturated carbocycles. The maximum atomic E-state index is 10.2. The Labute approximate surface area is 54.2 Å². The van der Waals surface area contributed by atoms with Crippen LogP contribution in [0.25, 0.3) is 0 Å². The molecule has 1 rings (SSSR count). The highest BCUT2D eigenvalue weighted by molar-refractivity contribution is 5.73. The van der Waals surface area contributed by atoms with Gasteiger partial charge in [0.1, 0.15) is 0 Å². The SMILES string of the molecule is CC=CC1CC1C(=O)O. The topological polar surface area (TPSA) is 37.3 Å². The van der Waals surface area contributed by atoms with Crippen LogP contribution in [0.4, 0.5) is 0 Å². The minimum absolute atomic E-state index is 0.0822. The Bertz CT molecular complexity index is 149. The smallest absolute Gasteiger partial charge is 0.307 e. The Hall–Kier alpha value is -0.790. The Morgan fingerprint density at radius 2 is 2.44 bits per heavy atom. The van der Waals surface area contributed by atoms with Gasteiger partial charge in [-0.1, -0.05) is 12.2 Å². The molecule has 0 bridgehead atoms. The van der Waals surface area contributed by atoms with Crippen LogP contribution in [0.3, 0.4) is 0 Å². The Morgan fingerprint density at radius 3 is 2.78 bits per heavy atom. The number of carbonyl (C=O) groups is 1. The molecule has 0 aromatic heterocycles. The summed E-state index contributed by atoms with van der Waals surface area (Å²) < 4.78 is 0. The molecular weight excluding hydrogens is 116 g/mol. The van der Waals surface area contributed by atoms with Gasteiger partial charge in [0.25, 0.3) is 0 Å². The Morgan fingerprint density at radius 1 is 1.78 bits per heavy atom. The van der Waals surface area contributed by atoms with Crippen LogP contribution < -0.4 is 0 Å². The van der Waals surface area contributed by atoms with Crippen molar-refractivity contribution in [3.63, 3.8) is 0 Å². The van der Waals surface area contributed by atoms with Crippen LogP contribution in [0.2, 0.25) is 0 Å². The van der Waals surface area contributed by atoms with Gasteiger partial charge in [-0.2, -0.15) is 0 Å². The van der Waals surface area contributed by atoms with Gasteiger partial charge in [-0.3, -0.25) is 4.79 Å². The van der Waals surface area contributed by atoms with Crippen molar-refractivity contribution in [2.24, 2.45) is 11.8 Å². The van der Waals surface area contributed by atoms with Gasteiger partial charge in [-0.15, -0.1) is 0 Å². The average Bonchev–Trinajstić information content (AvgIpc) is 2.47. The molecule has 2 heteroatoms. The fourth-order valence-corrected chi connectivity index (χ4v) is 0.958. The monoisotopic (exact) mass is 126 g/mol. The van der Waals surface area contributed by atoms with Gasteiger partial charge in [0.05, 0.1) is 5.92 Å². The van der Waals surface area contributed by atoms with Crippen LogP contribution in [-0.4, -0.2) is 11.1 Å². The summed E-state index contributed by atoms with van der Waals surface area (Å²) in [5, 5.41) is 8.42. The zero-order valence-corrected chi connectivity index (χ0v) is 5.37. The quantitative estimate of drug-likeness (QED) is 0.566. The molecule has 1 aliphatic carbocycles. The lowest BCUT2D eigenvalue weighted by molar-refractivity contribution is -0.138. The third kappa shape index (κ3) is 1.31. The van der Waals surface area contributed by atoms with E-state index in [1.54, 1.807) is 0 Å². The van der Waals surface area contributed by atoms with Crippen molar-refractivity contribution in [3.8, 4) is 0 Å². The summed E-state index contributed by atoms with van der Waals surface area (Å²) in [5.74, 6) is -0.410. The maximum absolute atomic E-state index is 10.2. The molecule has 1 fully saturated rings. The lowest BCUT2D eigenvalue weighted by Gasteiger charge is -1.82. The van der Waals surface area contributed by atoms with E-state index >= 15 is 0 Å². The molecule has 0 spiro atoms. The van der Waals surface area contributed by atoms with Gasteiger partial charge < -0.3 is 5.11 Å². The molecule has 2 atom stereocenters. The predicted octanol–water partition coefficient (Wildman–Crippen LogP) is 1.28. The van der Waals surface area contributed by atoms with E-state index in [0.29, 0.717) is 5.92 Å². The number of hydrogen-bond acceptors (Lipinski definition) is 1. The molecule has 0 aliphatic heterocycles. The first-order valence-electron chi connectivity index (χ1n) is 3.11. The Balaban J connectivity index is 2.33. The van der Waals surface area contributed by atoms with E-state index < -0.39 is 5.97 Å². The minimum atomic E-state index is -0.655. The fourth-order valence-electron chi connectivity index (χ4n) is 0.958. The molecule has 2 unspecified atom stereocenters. The zero-order valence-electron chi connectivity index (χ0n) is 5.37. The third-order valence-electron chi connectivity index (χ3n) is 1.60. The molecule has 50 valence electrons. The summed E-state index contributed by atoms with van der Waals surface area (Å²) in [6, 6.07) is 0. The van der Waals surface area contributed by atoms with Crippen molar-refractivity contribution in [3.05, 3.63) is 12.2 Å². The van der Waals surface area contributed by atoms with E-state index in [-0.39, 0.29) is 5.92 Å². The van der Waals surface area contributed by atoms with E-state index in [1.807, 2.05) is 19.1 Å². The van der Waals surface area contributed by atoms with Gasteiger partial charge in [0.2, 0.25) is 0 Å². The molecule has 1 aliphatic rings. The highest BCUT2D eigenvalue weighted by atomic mass is 16.4. The average molecular weight is 126 g/mol. The summed E-state index contributed by atoms with van der Waals surface area (Å²) >= 11 is 0. The van der Waals surface area contributed by atoms with Crippen molar-refractivity contribution in [1.29, 1.82) is 0 Å². The van der Waals surface area contributed by atoms with Gasteiger partial charge in [0.15, 0.2) is 0 Å². The van der Waals surface area contributed by atoms with Gasteiger partial charge >= 0.3 is 5.97 Å². The van der Waals surface area contributed by atoms with Crippen LogP contribution >= 0.6 is 0 Å². The first-order valence-corrected chi connectivity index (χ1v) is 3.11. The standard InChI is InChI=1S/C7H10O2/c1-2-3-5-4-6(5)7(8)9/h2-3,5-6H,4H2,1H3,(H,8,9). The molecule has 0 heterocycles. The summed E-state index contributed by atoms with van der Waals surface area (Å²) in [5.41, 5.74) is 0. The predicted molar refractivity (Wildman–Crippen MR) is 34.0 cm³/mol. The lowest BCUT2D eigenvalue weighted by Crippen LogP contribution is -1.97. The van der Waals surface area contributed by atoms with Gasteiger partial charge in [-0.05, 0) is 19.3 Å². The zero-order chi connectivity index (χ0) is 6.85. The second kappa shape index (κ2) is 2.21. The molecule has 0 aromatic rings.